The summed E-state index contributed by atoms with van der Waals surface area (Å²) in [5.41, 5.74) is 2.78. The Bertz CT molecular complexity index is 1230. The van der Waals surface area contributed by atoms with Crippen molar-refractivity contribution in [1.29, 1.82) is 0 Å². The van der Waals surface area contributed by atoms with Gasteiger partial charge in [-0.05, 0) is 16.7 Å². The molecule has 0 aliphatic carbocycles. The number of carbonyl (C=O) groups is 1. The largest absolute Gasteiger partial charge is 0.368 e. The molecule has 1 aliphatic heterocycles. The summed E-state index contributed by atoms with van der Waals surface area (Å²) in [6, 6.07) is 28.9. The van der Waals surface area contributed by atoms with Crippen LogP contribution in [-0.4, -0.2) is 64.0 Å². The van der Waals surface area contributed by atoms with Crippen LogP contribution in [0.4, 0.5) is 0 Å². The van der Waals surface area contributed by atoms with E-state index >= 15 is 0 Å². The Morgan fingerprint density at radius 3 is 1.49 bits per heavy atom. The molecule has 1 fully saturated rings. The van der Waals surface area contributed by atoms with Crippen molar-refractivity contribution in [3.8, 4) is 0 Å². The lowest BCUT2D eigenvalue weighted by Gasteiger charge is -2.45. The number of carbonyl (C=O) groups excluding carboxylic acids is 1. The minimum Gasteiger partial charge on any atom is -0.368 e. The SMILES string of the molecule is CO[C@H]1O[C@H](C(=O)CP(=O)(OC)OC)[C@@H](OCc2ccccc2)[C@H](OCc2ccccc2)[C@H]1OCc1ccccc1. The van der Waals surface area contributed by atoms with Gasteiger partial charge in [-0.15, -0.1) is 0 Å². The van der Waals surface area contributed by atoms with E-state index in [1.165, 1.54) is 21.3 Å². The first-order valence-electron chi connectivity index (χ1n) is 13.3. The lowest BCUT2D eigenvalue weighted by molar-refractivity contribution is -0.311. The monoisotopic (exact) mass is 584 g/mol. The molecule has 1 heterocycles. The summed E-state index contributed by atoms with van der Waals surface area (Å²) in [6.07, 6.45) is -5.16. The van der Waals surface area contributed by atoms with Crippen molar-refractivity contribution in [3.05, 3.63) is 108 Å². The zero-order valence-electron chi connectivity index (χ0n) is 23.5. The molecule has 0 radical (unpaired) electrons. The zero-order valence-corrected chi connectivity index (χ0v) is 24.4. The number of benzene rings is 3. The first-order valence-corrected chi connectivity index (χ1v) is 15.1. The van der Waals surface area contributed by atoms with Crippen LogP contribution < -0.4 is 0 Å². The normalized spacial score (nSPS) is 22.9. The summed E-state index contributed by atoms with van der Waals surface area (Å²) >= 11 is 0. The number of ketones is 1. The topological polar surface area (TPSA) is 98.8 Å². The maximum Gasteiger partial charge on any atom is 0.337 e. The molecule has 1 aliphatic rings. The highest BCUT2D eigenvalue weighted by Crippen LogP contribution is 2.47. The van der Waals surface area contributed by atoms with Crippen molar-refractivity contribution >= 4 is 13.4 Å². The minimum atomic E-state index is -3.68. The molecule has 0 spiro atoms. The second kappa shape index (κ2) is 15.5. The summed E-state index contributed by atoms with van der Waals surface area (Å²) in [4.78, 5) is 13.6. The molecule has 41 heavy (non-hydrogen) atoms. The van der Waals surface area contributed by atoms with Crippen LogP contribution in [0.5, 0.6) is 0 Å². The summed E-state index contributed by atoms with van der Waals surface area (Å²) in [7, 11) is 0.259. The Morgan fingerprint density at radius 2 is 1.07 bits per heavy atom. The van der Waals surface area contributed by atoms with E-state index in [1.807, 2.05) is 91.0 Å². The molecule has 4 rings (SSSR count). The number of rotatable bonds is 15. The van der Waals surface area contributed by atoms with Crippen LogP contribution in [0.2, 0.25) is 0 Å². The highest BCUT2D eigenvalue weighted by atomic mass is 31.2. The predicted molar refractivity (Wildman–Crippen MR) is 152 cm³/mol. The first-order chi connectivity index (χ1) is 20.0. The van der Waals surface area contributed by atoms with Crippen LogP contribution in [-0.2, 0) is 61.9 Å². The summed E-state index contributed by atoms with van der Waals surface area (Å²) in [6.45, 7) is 0.666. The second-order valence-corrected chi connectivity index (χ2v) is 11.8. The molecular formula is C31H37O9P. The predicted octanol–water partition coefficient (Wildman–Crippen LogP) is 5.17. The number of hydrogen-bond acceptors (Lipinski definition) is 9. The van der Waals surface area contributed by atoms with Gasteiger partial charge in [0.2, 0.25) is 0 Å². The lowest BCUT2D eigenvalue weighted by atomic mass is 9.95. The smallest absolute Gasteiger partial charge is 0.337 e. The highest BCUT2D eigenvalue weighted by molar-refractivity contribution is 7.54. The van der Waals surface area contributed by atoms with Gasteiger partial charge in [0.05, 0.1) is 19.8 Å². The van der Waals surface area contributed by atoms with Gasteiger partial charge in [-0.3, -0.25) is 9.36 Å². The number of Topliss-reactive ketones (excluding diaryl/α,β-unsaturated/α-hetero) is 1. The standard InChI is InChI=1S/C31H37O9P/c1-34-31-30(39-21-25-17-11-6-12-18-25)29(38-20-24-15-9-5-10-16-24)28(37-19-23-13-7-4-8-14-23)27(40-31)26(32)22-41(33,35-2)36-3/h4-18,27-31H,19-22H2,1-3H3/t27-,28-,29+,30-,31+/m1/s1. The van der Waals surface area contributed by atoms with Crippen LogP contribution in [0.3, 0.4) is 0 Å². The van der Waals surface area contributed by atoms with Gasteiger partial charge in [0.25, 0.3) is 0 Å². The first kappa shape index (κ1) is 31.2. The highest BCUT2D eigenvalue weighted by Gasteiger charge is 2.52. The average Bonchev–Trinajstić information content (AvgIpc) is 3.03. The molecule has 3 aromatic carbocycles. The fourth-order valence-corrected chi connectivity index (χ4v) is 5.56. The molecule has 5 atom stereocenters. The molecule has 1 saturated heterocycles. The Hall–Kier alpha value is -2.72. The van der Waals surface area contributed by atoms with Crippen LogP contribution >= 0.6 is 7.60 Å². The minimum absolute atomic E-state index is 0.180. The molecule has 3 aromatic rings. The van der Waals surface area contributed by atoms with Gasteiger partial charge in [-0.1, -0.05) is 91.0 Å². The summed E-state index contributed by atoms with van der Waals surface area (Å²) < 4.78 is 54.1. The molecule has 0 aromatic heterocycles. The molecule has 9 nitrogen and oxygen atoms in total. The molecule has 0 unspecified atom stereocenters. The molecule has 0 N–H and O–H groups in total. The third-order valence-electron chi connectivity index (χ3n) is 6.81. The second-order valence-electron chi connectivity index (χ2n) is 9.54. The maximum atomic E-state index is 13.6. The molecule has 220 valence electrons. The molecule has 10 heteroatoms. The van der Waals surface area contributed by atoms with Gasteiger partial charge >= 0.3 is 7.60 Å². The fourth-order valence-electron chi connectivity index (χ4n) is 4.59. The van der Waals surface area contributed by atoms with E-state index < -0.39 is 50.2 Å². The number of methoxy groups -OCH3 is 1. The summed E-state index contributed by atoms with van der Waals surface area (Å²) in [5.74, 6) is -0.521. The van der Waals surface area contributed by atoms with Crippen molar-refractivity contribution in [2.45, 2.75) is 50.5 Å². The summed E-state index contributed by atoms with van der Waals surface area (Å²) in [5, 5.41) is 0. The van der Waals surface area contributed by atoms with Crippen LogP contribution in [0, 0.1) is 0 Å². The zero-order chi connectivity index (χ0) is 29.1. The Morgan fingerprint density at radius 1 is 0.659 bits per heavy atom. The van der Waals surface area contributed by atoms with Gasteiger partial charge in [0.1, 0.15) is 30.6 Å². The molecule has 0 saturated carbocycles. The van der Waals surface area contributed by atoms with Crippen molar-refractivity contribution in [2.75, 3.05) is 27.5 Å². The van der Waals surface area contributed by atoms with Gasteiger partial charge in [0, 0.05) is 21.3 Å². The van der Waals surface area contributed by atoms with E-state index in [2.05, 4.69) is 0 Å². The van der Waals surface area contributed by atoms with Gasteiger partial charge in [-0.2, -0.15) is 0 Å². The molecular weight excluding hydrogens is 547 g/mol. The van der Waals surface area contributed by atoms with Crippen LogP contribution in [0.15, 0.2) is 91.0 Å². The number of hydrogen-bond donors (Lipinski definition) is 0. The van der Waals surface area contributed by atoms with E-state index in [1.54, 1.807) is 0 Å². The molecule has 0 bridgehead atoms. The Kier molecular flexibility index (Phi) is 11.8. The van der Waals surface area contributed by atoms with Crippen molar-refractivity contribution in [2.24, 2.45) is 0 Å². The van der Waals surface area contributed by atoms with Crippen LogP contribution in [0.25, 0.3) is 0 Å². The maximum absolute atomic E-state index is 13.6. The van der Waals surface area contributed by atoms with E-state index in [4.69, 9.17) is 32.7 Å². The van der Waals surface area contributed by atoms with Crippen LogP contribution in [0.1, 0.15) is 16.7 Å². The lowest BCUT2D eigenvalue weighted by Crippen LogP contribution is -2.62. The van der Waals surface area contributed by atoms with Gasteiger partial charge in [-0.25, -0.2) is 0 Å². The Balaban J connectivity index is 1.67. The van der Waals surface area contributed by atoms with Crippen molar-refractivity contribution < 1.29 is 42.1 Å². The van der Waals surface area contributed by atoms with Gasteiger partial charge in [0.15, 0.2) is 12.1 Å². The van der Waals surface area contributed by atoms with E-state index in [0.717, 1.165) is 16.7 Å². The Labute approximate surface area is 241 Å². The van der Waals surface area contributed by atoms with Crippen molar-refractivity contribution in [1.82, 2.24) is 0 Å². The third-order valence-corrected chi connectivity index (χ3v) is 8.62. The quantitative estimate of drug-likeness (QED) is 0.224. The fraction of sp³-hybridized carbons (Fsp3) is 0.387. The van der Waals surface area contributed by atoms with E-state index in [9.17, 15) is 9.36 Å². The molecule has 0 amide bonds. The average molecular weight is 585 g/mol. The van der Waals surface area contributed by atoms with E-state index in [-0.39, 0.29) is 19.8 Å². The van der Waals surface area contributed by atoms with Gasteiger partial charge < -0.3 is 32.7 Å². The van der Waals surface area contributed by atoms with Crippen molar-refractivity contribution in [3.63, 3.8) is 0 Å². The number of ether oxygens (including phenoxy) is 5. The third kappa shape index (κ3) is 8.64. The van der Waals surface area contributed by atoms with E-state index in [0.29, 0.717) is 0 Å².